The molecule has 0 radical (unpaired) electrons. The molecule has 0 spiro atoms. The molecule has 1 heterocycles. The first-order valence-corrected chi connectivity index (χ1v) is 10.4. The van der Waals surface area contributed by atoms with Crippen LogP contribution >= 0.6 is 0 Å². The summed E-state index contributed by atoms with van der Waals surface area (Å²) in [5.41, 5.74) is 0.874. The van der Waals surface area contributed by atoms with Crippen LogP contribution in [0.25, 0.3) is 0 Å². The van der Waals surface area contributed by atoms with E-state index in [0.29, 0.717) is 18.8 Å². The van der Waals surface area contributed by atoms with Crippen LogP contribution in [0.2, 0.25) is 0 Å². The molecule has 1 aliphatic rings. The molecule has 0 unspecified atom stereocenters. The summed E-state index contributed by atoms with van der Waals surface area (Å²) in [6.07, 6.45) is -0.803. The van der Waals surface area contributed by atoms with Gasteiger partial charge in [0, 0.05) is 5.92 Å². The molecule has 0 aliphatic heterocycles. The number of methoxy groups -OCH3 is 1. The second kappa shape index (κ2) is 9.91. The first-order chi connectivity index (χ1) is 15.5. The molecule has 8 heteroatoms. The quantitative estimate of drug-likeness (QED) is 0.505. The van der Waals surface area contributed by atoms with E-state index < -0.39 is 23.7 Å². The zero-order valence-corrected chi connectivity index (χ0v) is 17.6. The molecule has 6 nitrogen and oxygen atoms in total. The highest BCUT2D eigenvalue weighted by atomic mass is 19.1. The summed E-state index contributed by atoms with van der Waals surface area (Å²) in [5, 5.41) is 0. The van der Waals surface area contributed by atoms with Gasteiger partial charge < -0.3 is 14.2 Å². The summed E-state index contributed by atoms with van der Waals surface area (Å²) in [4.78, 5) is 16.3. The Kier molecular flexibility index (Phi) is 6.80. The SMILES string of the molecule is COc1ccc(Cn2c(O[C@H]3C[C@@H](COCc4ccccc4)[C@@H]3F)ncc(F)c2=O)cc1. The number of ether oxygens (including phenoxy) is 3. The molecule has 168 valence electrons. The molecule has 1 aromatic heterocycles. The zero-order chi connectivity index (χ0) is 22.5. The van der Waals surface area contributed by atoms with Crippen molar-refractivity contribution in [3.8, 4) is 11.8 Å². The first-order valence-electron chi connectivity index (χ1n) is 10.4. The van der Waals surface area contributed by atoms with E-state index in [1.165, 1.54) is 0 Å². The lowest BCUT2D eigenvalue weighted by Gasteiger charge is -2.38. The molecule has 1 saturated carbocycles. The Morgan fingerprint density at radius 3 is 2.53 bits per heavy atom. The van der Waals surface area contributed by atoms with Crippen molar-refractivity contribution in [1.82, 2.24) is 9.55 Å². The zero-order valence-electron chi connectivity index (χ0n) is 17.6. The summed E-state index contributed by atoms with van der Waals surface area (Å²) >= 11 is 0. The van der Waals surface area contributed by atoms with Gasteiger partial charge in [-0.2, -0.15) is 4.39 Å². The number of nitrogens with zero attached hydrogens (tertiary/aromatic N) is 2. The van der Waals surface area contributed by atoms with E-state index in [2.05, 4.69) is 4.98 Å². The molecule has 2 aromatic carbocycles. The van der Waals surface area contributed by atoms with E-state index in [-0.39, 0.29) is 25.1 Å². The molecule has 1 fully saturated rings. The molecule has 0 bridgehead atoms. The van der Waals surface area contributed by atoms with Crippen LogP contribution in [0, 0.1) is 11.7 Å². The Morgan fingerprint density at radius 1 is 1.09 bits per heavy atom. The summed E-state index contributed by atoms with van der Waals surface area (Å²) in [6, 6.07) is 16.5. The molecule has 0 saturated heterocycles. The van der Waals surface area contributed by atoms with Crippen LogP contribution in [0.4, 0.5) is 8.78 Å². The molecule has 1 aliphatic carbocycles. The Morgan fingerprint density at radius 2 is 1.84 bits per heavy atom. The van der Waals surface area contributed by atoms with Crippen molar-refractivity contribution < 1.29 is 23.0 Å². The van der Waals surface area contributed by atoms with Gasteiger partial charge in [-0.15, -0.1) is 0 Å². The number of halogens is 2. The van der Waals surface area contributed by atoms with Gasteiger partial charge in [0.2, 0.25) is 5.82 Å². The summed E-state index contributed by atoms with van der Waals surface area (Å²) in [6.45, 7) is 0.720. The molecular weight excluding hydrogens is 418 g/mol. The van der Waals surface area contributed by atoms with Crippen molar-refractivity contribution in [2.45, 2.75) is 31.8 Å². The maximum absolute atomic E-state index is 14.7. The molecule has 32 heavy (non-hydrogen) atoms. The highest BCUT2D eigenvalue weighted by Gasteiger charge is 2.44. The minimum absolute atomic E-state index is 0.0379. The van der Waals surface area contributed by atoms with E-state index in [0.717, 1.165) is 21.9 Å². The van der Waals surface area contributed by atoms with Gasteiger partial charge in [-0.3, -0.25) is 9.36 Å². The van der Waals surface area contributed by atoms with Crippen molar-refractivity contribution in [2.75, 3.05) is 13.7 Å². The Balaban J connectivity index is 1.37. The second-order valence-corrected chi connectivity index (χ2v) is 7.73. The number of rotatable bonds is 9. The van der Waals surface area contributed by atoms with Crippen LogP contribution in [0.3, 0.4) is 0 Å². The number of alkyl halides is 1. The van der Waals surface area contributed by atoms with E-state index in [9.17, 15) is 13.6 Å². The number of benzene rings is 2. The second-order valence-electron chi connectivity index (χ2n) is 7.73. The van der Waals surface area contributed by atoms with Crippen LogP contribution in [0.5, 0.6) is 11.8 Å². The first kappa shape index (κ1) is 22.0. The Hall–Kier alpha value is -3.26. The van der Waals surface area contributed by atoms with Gasteiger partial charge in [0.15, 0.2) is 0 Å². The molecule has 0 N–H and O–H groups in total. The lowest BCUT2D eigenvalue weighted by Crippen LogP contribution is -2.49. The Labute approximate surface area is 184 Å². The monoisotopic (exact) mass is 442 g/mol. The normalized spacial score (nSPS) is 19.9. The topological polar surface area (TPSA) is 62.6 Å². The van der Waals surface area contributed by atoms with Crippen LogP contribution in [-0.2, 0) is 17.9 Å². The third kappa shape index (κ3) is 4.96. The highest BCUT2D eigenvalue weighted by molar-refractivity contribution is 5.27. The third-order valence-electron chi connectivity index (χ3n) is 5.51. The lowest BCUT2D eigenvalue weighted by molar-refractivity contribution is -0.0793. The fourth-order valence-corrected chi connectivity index (χ4v) is 3.58. The van der Waals surface area contributed by atoms with Crippen molar-refractivity contribution in [2.24, 2.45) is 5.92 Å². The Bertz CT molecular complexity index is 1090. The van der Waals surface area contributed by atoms with Gasteiger partial charge in [-0.25, -0.2) is 9.37 Å². The van der Waals surface area contributed by atoms with E-state index in [4.69, 9.17) is 14.2 Å². The smallest absolute Gasteiger partial charge is 0.299 e. The molecule has 4 rings (SSSR count). The molecule has 3 atom stereocenters. The lowest BCUT2D eigenvalue weighted by atomic mass is 9.80. The molecule has 3 aromatic rings. The van der Waals surface area contributed by atoms with Gasteiger partial charge in [0.05, 0.1) is 33.1 Å². The van der Waals surface area contributed by atoms with E-state index in [1.54, 1.807) is 31.4 Å². The standard InChI is InChI=1S/C24H24F2N2O4/c1-30-19-9-7-16(8-10-19)13-28-23(29)20(25)12-27-24(28)32-21-11-18(22(21)26)15-31-14-17-5-3-2-4-6-17/h2-10,12,18,21-22H,11,13-15H2,1H3/t18-,21-,22-/m0/s1. The highest BCUT2D eigenvalue weighted by Crippen LogP contribution is 2.34. The summed E-state index contributed by atoms with van der Waals surface area (Å²) < 4.78 is 46.0. The number of hydrogen-bond donors (Lipinski definition) is 0. The fourth-order valence-electron chi connectivity index (χ4n) is 3.58. The minimum atomic E-state index is -1.26. The maximum atomic E-state index is 14.7. The number of hydrogen-bond acceptors (Lipinski definition) is 5. The molecule has 0 amide bonds. The minimum Gasteiger partial charge on any atom is -0.497 e. The van der Waals surface area contributed by atoms with Gasteiger partial charge in [-0.1, -0.05) is 42.5 Å². The van der Waals surface area contributed by atoms with Crippen LogP contribution in [0.1, 0.15) is 17.5 Å². The van der Waals surface area contributed by atoms with Gasteiger partial charge in [0.25, 0.3) is 11.6 Å². The van der Waals surface area contributed by atoms with Crippen molar-refractivity contribution in [1.29, 1.82) is 0 Å². The van der Waals surface area contributed by atoms with Crippen LogP contribution in [-0.4, -0.2) is 35.5 Å². The van der Waals surface area contributed by atoms with Crippen molar-refractivity contribution in [3.63, 3.8) is 0 Å². The van der Waals surface area contributed by atoms with Crippen molar-refractivity contribution >= 4 is 0 Å². The van der Waals surface area contributed by atoms with Crippen LogP contribution in [0.15, 0.2) is 65.6 Å². The van der Waals surface area contributed by atoms with Gasteiger partial charge >= 0.3 is 0 Å². The summed E-state index contributed by atoms with van der Waals surface area (Å²) in [5.74, 6) is -0.639. The molecular formula is C24H24F2N2O4. The number of aromatic nitrogens is 2. The third-order valence-corrected chi connectivity index (χ3v) is 5.51. The van der Waals surface area contributed by atoms with Crippen LogP contribution < -0.4 is 15.0 Å². The average molecular weight is 442 g/mol. The predicted molar refractivity (Wildman–Crippen MR) is 114 cm³/mol. The van der Waals surface area contributed by atoms with E-state index >= 15 is 0 Å². The maximum Gasteiger partial charge on any atom is 0.299 e. The van der Waals surface area contributed by atoms with Gasteiger partial charge in [0.1, 0.15) is 18.0 Å². The van der Waals surface area contributed by atoms with Crippen molar-refractivity contribution in [3.05, 3.63) is 88.1 Å². The fraction of sp³-hybridized carbons (Fsp3) is 0.333. The summed E-state index contributed by atoms with van der Waals surface area (Å²) in [7, 11) is 1.55. The predicted octanol–water partition coefficient (Wildman–Crippen LogP) is 3.76. The largest absolute Gasteiger partial charge is 0.497 e. The average Bonchev–Trinajstić information content (AvgIpc) is 2.83. The van der Waals surface area contributed by atoms with Gasteiger partial charge in [-0.05, 0) is 29.7 Å². The van der Waals surface area contributed by atoms with E-state index in [1.807, 2.05) is 30.3 Å².